The first-order valence-electron chi connectivity index (χ1n) is 9.54. The van der Waals surface area contributed by atoms with E-state index in [2.05, 4.69) is 15.3 Å². The minimum absolute atomic E-state index is 0.0774. The molecule has 9 nitrogen and oxygen atoms in total. The van der Waals surface area contributed by atoms with E-state index in [4.69, 9.17) is 9.47 Å². The summed E-state index contributed by atoms with van der Waals surface area (Å²) in [5.74, 6) is 1.03. The van der Waals surface area contributed by atoms with Gasteiger partial charge in [-0.15, -0.1) is 10.2 Å². The van der Waals surface area contributed by atoms with Gasteiger partial charge >= 0.3 is 5.69 Å². The zero-order chi connectivity index (χ0) is 22.4. The van der Waals surface area contributed by atoms with Gasteiger partial charge in [-0.05, 0) is 24.8 Å². The number of nitro benzene ring substituents is 1. The van der Waals surface area contributed by atoms with E-state index in [1.807, 2.05) is 44.4 Å². The molecule has 0 aliphatic heterocycles. The maximum atomic E-state index is 11.7. The highest BCUT2D eigenvalue weighted by molar-refractivity contribution is 7.98. The molecule has 0 saturated carbocycles. The number of rotatable bonds is 9. The Hall–Kier alpha value is -3.40. The lowest BCUT2D eigenvalue weighted by Crippen LogP contribution is -2.03. The van der Waals surface area contributed by atoms with Crippen LogP contribution in [0.25, 0.3) is 0 Å². The van der Waals surface area contributed by atoms with Gasteiger partial charge in [0.25, 0.3) is 0 Å². The molecule has 1 heterocycles. The van der Waals surface area contributed by atoms with E-state index in [9.17, 15) is 10.1 Å². The lowest BCUT2D eigenvalue weighted by atomic mass is 10.1. The molecule has 0 spiro atoms. The Balaban J connectivity index is 1.93. The fourth-order valence-electron chi connectivity index (χ4n) is 2.84. The molecule has 0 unspecified atom stereocenters. The normalized spacial score (nSPS) is 11.1. The Labute approximate surface area is 184 Å². The first-order valence-corrected chi connectivity index (χ1v) is 10.8. The zero-order valence-corrected chi connectivity index (χ0v) is 18.5. The van der Waals surface area contributed by atoms with Crippen LogP contribution in [0, 0.1) is 17.0 Å². The third-order valence-corrected chi connectivity index (χ3v) is 5.10. The predicted molar refractivity (Wildman–Crippen MR) is 119 cm³/mol. The summed E-state index contributed by atoms with van der Waals surface area (Å²) in [6.45, 7) is 4.13. The average Bonchev–Trinajstić information content (AvgIpc) is 3.18. The summed E-state index contributed by atoms with van der Waals surface area (Å²) in [7, 11) is 1.44. The van der Waals surface area contributed by atoms with Crippen LogP contribution in [0.2, 0.25) is 0 Å². The standard InChI is InChI=1S/C21H23N5O4S/c1-5-19-23-24-21(31-4)25(19)22-12-16-10-17(26(27)28)20(18(11-16)29-3)30-13-15-8-6-14(2)7-9-15/h6-12H,5,13H2,1-4H3/b22-12-. The van der Waals surface area contributed by atoms with Crippen molar-refractivity contribution in [3.63, 3.8) is 0 Å². The Bertz CT molecular complexity index is 1070. The summed E-state index contributed by atoms with van der Waals surface area (Å²) in [5, 5.41) is 24.9. The number of nitro groups is 1. The lowest BCUT2D eigenvalue weighted by molar-refractivity contribution is -0.386. The second-order valence-electron chi connectivity index (χ2n) is 6.62. The molecule has 0 saturated heterocycles. The first-order chi connectivity index (χ1) is 15.0. The number of aromatic nitrogens is 3. The predicted octanol–water partition coefficient (Wildman–Crippen LogP) is 4.25. The van der Waals surface area contributed by atoms with Crippen LogP contribution in [0.4, 0.5) is 5.69 Å². The molecule has 162 valence electrons. The van der Waals surface area contributed by atoms with E-state index in [-0.39, 0.29) is 23.8 Å². The number of hydrogen-bond donors (Lipinski definition) is 0. The molecule has 0 aliphatic rings. The number of aryl methyl sites for hydroxylation is 2. The Morgan fingerprint density at radius 2 is 2.00 bits per heavy atom. The van der Waals surface area contributed by atoms with E-state index in [0.717, 1.165) is 11.1 Å². The summed E-state index contributed by atoms with van der Waals surface area (Å²) in [4.78, 5) is 11.2. The van der Waals surface area contributed by atoms with E-state index in [1.54, 1.807) is 10.7 Å². The second kappa shape index (κ2) is 10.1. The van der Waals surface area contributed by atoms with Gasteiger partial charge in [-0.1, -0.05) is 48.5 Å². The van der Waals surface area contributed by atoms with Gasteiger partial charge in [-0.3, -0.25) is 10.1 Å². The van der Waals surface area contributed by atoms with Gasteiger partial charge in [0, 0.05) is 18.1 Å². The Morgan fingerprint density at radius 1 is 1.26 bits per heavy atom. The van der Waals surface area contributed by atoms with Crippen LogP contribution in [0.3, 0.4) is 0 Å². The maximum Gasteiger partial charge on any atom is 0.315 e. The van der Waals surface area contributed by atoms with Crippen LogP contribution in [-0.2, 0) is 13.0 Å². The Kier molecular flexibility index (Phi) is 7.24. The largest absolute Gasteiger partial charge is 0.493 e. The molecule has 0 radical (unpaired) electrons. The minimum atomic E-state index is -0.492. The van der Waals surface area contributed by atoms with E-state index in [0.29, 0.717) is 23.0 Å². The fourth-order valence-corrected chi connectivity index (χ4v) is 3.29. The van der Waals surface area contributed by atoms with Gasteiger partial charge in [0.05, 0.1) is 18.2 Å². The monoisotopic (exact) mass is 441 g/mol. The van der Waals surface area contributed by atoms with Crippen molar-refractivity contribution in [2.24, 2.45) is 5.10 Å². The molecule has 10 heteroatoms. The van der Waals surface area contributed by atoms with Crippen LogP contribution >= 0.6 is 11.8 Å². The van der Waals surface area contributed by atoms with Crippen LogP contribution in [0.1, 0.15) is 29.4 Å². The zero-order valence-electron chi connectivity index (χ0n) is 17.7. The number of methoxy groups -OCH3 is 1. The van der Waals surface area contributed by atoms with Crippen molar-refractivity contribution in [3.8, 4) is 11.5 Å². The average molecular weight is 442 g/mol. The second-order valence-corrected chi connectivity index (χ2v) is 7.39. The van der Waals surface area contributed by atoms with Crippen molar-refractivity contribution >= 4 is 23.7 Å². The quantitative estimate of drug-likeness (QED) is 0.212. The van der Waals surface area contributed by atoms with Gasteiger partial charge in [0.2, 0.25) is 10.9 Å². The molecule has 3 aromatic rings. The van der Waals surface area contributed by atoms with Gasteiger partial charge in [0.1, 0.15) is 6.61 Å². The summed E-state index contributed by atoms with van der Waals surface area (Å²) in [6, 6.07) is 10.8. The van der Waals surface area contributed by atoms with Crippen LogP contribution in [0.15, 0.2) is 46.7 Å². The van der Waals surface area contributed by atoms with Crippen molar-refractivity contribution in [1.82, 2.24) is 14.9 Å². The van der Waals surface area contributed by atoms with E-state index in [1.165, 1.54) is 31.2 Å². The molecule has 0 amide bonds. The van der Waals surface area contributed by atoms with Crippen molar-refractivity contribution in [2.45, 2.75) is 32.0 Å². The molecule has 31 heavy (non-hydrogen) atoms. The SMILES string of the molecule is CCc1nnc(SC)n1/N=C\c1cc(OC)c(OCc2ccc(C)cc2)c([N+](=O)[O-])c1. The maximum absolute atomic E-state index is 11.7. The lowest BCUT2D eigenvalue weighted by Gasteiger charge is -2.12. The van der Waals surface area contributed by atoms with Crippen LogP contribution < -0.4 is 9.47 Å². The highest BCUT2D eigenvalue weighted by atomic mass is 32.2. The first kappa shape index (κ1) is 22.3. The summed E-state index contributed by atoms with van der Waals surface area (Å²) in [6.07, 6.45) is 4.05. The summed E-state index contributed by atoms with van der Waals surface area (Å²) in [5.41, 5.74) is 2.32. The summed E-state index contributed by atoms with van der Waals surface area (Å²) >= 11 is 1.41. The fraction of sp³-hybridized carbons (Fsp3) is 0.286. The van der Waals surface area contributed by atoms with Crippen molar-refractivity contribution < 1.29 is 14.4 Å². The molecular weight excluding hydrogens is 418 g/mol. The van der Waals surface area contributed by atoms with Crippen molar-refractivity contribution in [1.29, 1.82) is 0 Å². The molecule has 0 N–H and O–H groups in total. The van der Waals surface area contributed by atoms with Gasteiger partial charge in [0.15, 0.2) is 11.6 Å². The molecule has 2 aromatic carbocycles. The molecule has 0 aliphatic carbocycles. The minimum Gasteiger partial charge on any atom is -0.493 e. The highest BCUT2D eigenvalue weighted by Gasteiger charge is 2.22. The molecule has 0 fully saturated rings. The van der Waals surface area contributed by atoms with Gasteiger partial charge in [-0.25, -0.2) is 0 Å². The number of benzene rings is 2. The topological polar surface area (TPSA) is 105 Å². The van der Waals surface area contributed by atoms with Gasteiger partial charge in [-0.2, -0.15) is 9.78 Å². The molecule has 0 atom stereocenters. The van der Waals surface area contributed by atoms with Crippen molar-refractivity contribution in [3.05, 3.63) is 69.0 Å². The number of nitrogens with zero attached hydrogens (tertiary/aromatic N) is 5. The van der Waals surface area contributed by atoms with Crippen molar-refractivity contribution in [2.75, 3.05) is 13.4 Å². The number of thioether (sulfide) groups is 1. The molecule has 3 rings (SSSR count). The third kappa shape index (κ3) is 5.21. The molecule has 1 aromatic heterocycles. The Morgan fingerprint density at radius 3 is 2.61 bits per heavy atom. The van der Waals surface area contributed by atoms with E-state index >= 15 is 0 Å². The highest BCUT2D eigenvalue weighted by Crippen LogP contribution is 2.38. The number of hydrogen-bond acceptors (Lipinski definition) is 8. The van der Waals surface area contributed by atoms with Gasteiger partial charge < -0.3 is 9.47 Å². The summed E-state index contributed by atoms with van der Waals surface area (Å²) < 4.78 is 12.8. The van der Waals surface area contributed by atoms with Crippen LogP contribution in [0.5, 0.6) is 11.5 Å². The number of ether oxygens (including phenoxy) is 2. The van der Waals surface area contributed by atoms with Crippen LogP contribution in [-0.4, -0.2) is 39.4 Å². The molecule has 0 bridgehead atoms. The third-order valence-electron chi connectivity index (χ3n) is 4.48. The smallest absolute Gasteiger partial charge is 0.315 e. The van der Waals surface area contributed by atoms with E-state index < -0.39 is 4.92 Å². The molecular formula is C21H23N5O4S.